The van der Waals surface area contributed by atoms with Crippen LogP contribution in [0.15, 0.2) is 17.0 Å². The van der Waals surface area contributed by atoms with Gasteiger partial charge in [0.25, 0.3) is 0 Å². The average Bonchev–Trinajstić information content (AvgIpc) is 2.01. The summed E-state index contributed by atoms with van der Waals surface area (Å²) in [6.45, 7) is 0. The quantitative estimate of drug-likeness (QED) is 0.882. The van der Waals surface area contributed by atoms with Crippen LogP contribution in [0.5, 0.6) is 0 Å². The molecule has 14 heavy (non-hydrogen) atoms. The standard InChI is InChI=1S/C7H6Cl2FNO2S/c1-11-14(12,13)7-5(8)2-4(10)3-6(7)9/h2-3,11H,1H3. The molecule has 0 heterocycles. The van der Waals surface area contributed by atoms with Gasteiger partial charge in [0.2, 0.25) is 10.0 Å². The molecular formula is C7H6Cl2FNO2S. The van der Waals surface area contributed by atoms with Gasteiger partial charge < -0.3 is 0 Å². The Hall–Kier alpha value is -0.360. The minimum atomic E-state index is -3.76. The first-order valence-electron chi connectivity index (χ1n) is 3.46. The number of benzene rings is 1. The fourth-order valence-electron chi connectivity index (χ4n) is 0.888. The third kappa shape index (κ3) is 2.17. The molecule has 1 N–H and O–H groups in total. The van der Waals surface area contributed by atoms with E-state index in [9.17, 15) is 12.8 Å². The third-order valence-corrected chi connectivity index (χ3v) is 3.84. The molecule has 1 rings (SSSR count). The number of halogens is 3. The predicted molar refractivity (Wildman–Crippen MR) is 52.7 cm³/mol. The van der Waals surface area contributed by atoms with Gasteiger partial charge in [0.05, 0.1) is 10.0 Å². The second kappa shape index (κ2) is 4.02. The van der Waals surface area contributed by atoms with Gasteiger partial charge >= 0.3 is 0 Å². The fourth-order valence-corrected chi connectivity index (χ4v) is 2.79. The molecule has 0 atom stereocenters. The fraction of sp³-hybridized carbons (Fsp3) is 0.143. The van der Waals surface area contributed by atoms with Crippen LogP contribution in [0.3, 0.4) is 0 Å². The summed E-state index contributed by atoms with van der Waals surface area (Å²) in [7, 11) is -2.54. The van der Waals surface area contributed by atoms with Gasteiger partial charge in [-0.25, -0.2) is 17.5 Å². The molecule has 3 nitrogen and oxygen atoms in total. The summed E-state index contributed by atoms with van der Waals surface area (Å²) in [5, 5.41) is -0.492. The zero-order valence-electron chi connectivity index (χ0n) is 7.01. The molecule has 0 spiro atoms. The normalized spacial score (nSPS) is 11.7. The summed E-state index contributed by atoms with van der Waals surface area (Å²) in [6.07, 6.45) is 0. The summed E-state index contributed by atoms with van der Waals surface area (Å²) in [5.74, 6) is -0.685. The highest BCUT2D eigenvalue weighted by Gasteiger charge is 2.20. The van der Waals surface area contributed by atoms with Crippen molar-refractivity contribution in [3.63, 3.8) is 0 Å². The summed E-state index contributed by atoms with van der Waals surface area (Å²) in [5.41, 5.74) is 0. The Morgan fingerprint density at radius 3 is 2.07 bits per heavy atom. The van der Waals surface area contributed by atoms with E-state index in [2.05, 4.69) is 0 Å². The molecule has 0 aromatic heterocycles. The molecule has 0 radical (unpaired) electrons. The van der Waals surface area contributed by atoms with Gasteiger partial charge in [-0.05, 0) is 19.2 Å². The van der Waals surface area contributed by atoms with Crippen molar-refractivity contribution < 1.29 is 12.8 Å². The highest BCUT2D eigenvalue weighted by Crippen LogP contribution is 2.29. The summed E-state index contributed by atoms with van der Waals surface area (Å²) < 4.78 is 37.5. The highest BCUT2D eigenvalue weighted by molar-refractivity contribution is 7.89. The lowest BCUT2D eigenvalue weighted by Gasteiger charge is -2.06. The Balaban J connectivity index is 3.51. The van der Waals surface area contributed by atoms with Gasteiger partial charge in [0, 0.05) is 0 Å². The summed E-state index contributed by atoms with van der Waals surface area (Å²) in [6, 6.07) is 1.77. The molecule has 0 saturated carbocycles. The van der Waals surface area contributed by atoms with Crippen LogP contribution < -0.4 is 4.72 Å². The molecule has 0 amide bonds. The lowest BCUT2D eigenvalue weighted by molar-refractivity contribution is 0.587. The molecule has 0 aliphatic rings. The van der Waals surface area contributed by atoms with Crippen LogP contribution >= 0.6 is 23.2 Å². The Morgan fingerprint density at radius 2 is 1.71 bits per heavy atom. The highest BCUT2D eigenvalue weighted by atomic mass is 35.5. The second-order valence-electron chi connectivity index (χ2n) is 2.41. The maximum Gasteiger partial charge on any atom is 0.243 e. The first kappa shape index (κ1) is 11.7. The molecule has 1 aromatic carbocycles. The predicted octanol–water partition coefficient (Wildman–Crippen LogP) is 2.04. The van der Waals surface area contributed by atoms with Crippen LogP contribution in [0.2, 0.25) is 10.0 Å². The van der Waals surface area contributed by atoms with E-state index < -0.39 is 15.8 Å². The van der Waals surface area contributed by atoms with E-state index >= 15 is 0 Å². The van der Waals surface area contributed by atoms with Crippen LogP contribution in [0.4, 0.5) is 4.39 Å². The zero-order chi connectivity index (χ0) is 10.9. The molecule has 0 unspecified atom stereocenters. The van der Waals surface area contributed by atoms with E-state index in [1.54, 1.807) is 0 Å². The van der Waals surface area contributed by atoms with Gasteiger partial charge in [0.1, 0.15) is 10.7 Å². The second-order valence-corrected chi connectivity index (χ2v) is 5.04. The molecule has 7 heteroatoms. The Kier molecular flexibility index (Phi) is 3.36. The third-order valence-electron chi connectivity index (χ3n) is 1.50. The summed E-state index contributed by atoms with van der Waals surface area (Å²) in [4.78, 5) is -0.315. The topological polar surface area (TPSA) is 46.2 Å². The number of rotatable bonds is 2. The number of sulfonamides is 1. The van der Waals surface area contributed by atoms with Crippen LogP contribution in [0, 0.1) is 5.82 Å². The lowest BCUT2D eigenvalue weighted by Crippen LogP contribution is -2.19. The Bertz CT molecular complexity index is 438. The van der Waals surface area contributed by atoms with Crippen LogP contribution in [0.1, 0.15) is 0 Å². The van der Waals surface area contributed by atoms with Crippen molar-refractivity contribution in [1.29, 1.82) is 0 Å². The molecule has 0 bridgehead atoms. The SMILES string of the molecule is CNS(=O)(=O)c1c(Cl)cc(F)cc1Cl. The zero-order valence-corrected chi connectivity index (χ0v) is 9.34. The first-order chi connectivity index (χ1) is 6.38. The smallest absolute Gasteiger partial charge is 0.214 e. The Morgan fingerprint density at radius 1 is 1.29 bits per heavy atom. The van der Waals surface area contributed by atoms with E-state index in [-0.39, 0.29) is 14.9 Å². The van der Waals surface area contributed by atoms with E-state index in [1.165, 1.54) is 7.05 Å². The van der Waals surface area contributed by atoms with Crippen molar-refractivity contribution in [2.45, 2.75) is 4.90 Å². The molecule has 78 valence electrons. The maximum atomic E-state index is 12.7. The maximum absolute atomic E-state index is 12.7. The molecule has 0 saturated heterocycles. The van der Waals surface area contributed by atoms with Crippen LogP contribution in [-0.4, -0.2) is 15.5 Å². The summed E-state index contributed by atoms with van der Waals surface area (Å²) >= 11 is 11.1. The molecule has 0 aliphatic heterocycles. The van der Waals surface area contributed by atoms with Gasteiger partial charge in [0.15, 0.2) is 0 Å². The van der Waals surface area contributed by atoms with E-state index in [1.807, 2.05) is 4.72 Å². The lowest BCUT2D eigenvalue weighted by atomic mass is 10.3. The van der Waals surface area contributed by atoms with Crippen molar-refractivity contribution in [2.75, 3.05) is 7.05 Å². The van der Waals surface area contributed by atoms with Crippen molar-refractivity contribution in [3.8, 4) is 0 Å². The number of hydrogen-bond donors (Lipinski definition) is 1. The van der Waals surface area contributed by atoms with E-state index in [0.717, 1.165) is 12.1 Å². The average molecular weight is 258 g/mol. The number of nitrogens with one attached hydrogen (secondary N) is 1. The van der Waals surface area contributed by atoms with E-state index in [0.29, 0.717) is 0 Å². The van der Waals surface area contributed by atoms with Gasteiger partial charge in [-0.15, -0.1) is 0 Å². The molecule has 0 fully saturated rings. The molecular weight excluding hydrogens is 252 g/mol. The minimum Gasteiger partial charge on any atom is -0.214 e. The van der Waals surface area contributed by atoms with Crippen molar-refractivity contribution in [3.05, 3.63) is 28.0 Å². The number of hydrogen-bond acceptors (Lipinski definition) is 2. The van der Waals surface area contributed by atoms with Gasteiger partial charge in [-0.2, -0.15) is 0 Å². The Labute approximate surface area is 90.9 Å². The monoisotopic (exact) mass is 257 g/mol. The van der Waals surface area contributed by atoms with Gasteiger partial charge in [-0.1, -0.05) is 23.2 Å². The van der Waals surface area contributed by atoms with Gasteiger partial charge in [-0.3, -0.25) is 0 Å². The molecule has 1 aromatic rings. The first-order valence-corrected chi connectivity index (χ1v) is 5.70. The van der Waals surface area contributed by atoms with E-state index in [4.69, 9.17) is 23.2 Å². The van der Waals surface area contributed by atoms with Crippen molar-refractivity contribution >= 4 is 33.2 Å². The minimum absolute atomic E-state index is 0.246. The van der Waals surface area contributed by atoms with Crippen molar-refractivity contribution in [2.24, 2.45) is 0 Å². The van der Waals surface area contributed by atoms with Crippen molar-refractivity contribution in [1.82, 2.24) is 4.72 Å². The molecule has 0 aliphatic carbocycles. The van der Waals surface area contributed by atoms with Crippen LogP contribution in [-0.2, 0) is 10.0 Å². The van der Waals surface area contributed by atoms with Crippen LogP contribution in [0.25, 0.3) is 0 Å². The largest absolute Gasteiger partial charge is 0.243 e.